The molecule has 1 aliphatic heterocycles. The van der Waals surface area contributed by atoms with E-state index in [1.807, 2.05) is 0 Å². The zero-order valence-electron chi connectivity index (χ0n) is 28.6. The number of benzene rings is 6. The van der Waals surface area contributed by atoms with Crippen LogP contribution < -0.4 is 0 Å². The van der Waals surface area contributed by atoms with Gasteiger partial charge in [0, 0.05) is 44.4 Å². The number of aromatic nitrogens is 4. The van der Waals surface area contributed by atoms with Gasteiger partial charge in [0.2, 0.25) is 5.95 Å². The van der Waals surface area contributed by atoms with E-state index in [1.54, 1.807) is 0 Å². The van der Waals surface area contributed by atoms with Crippen molar-refractivity contribution < 1.29 is 0 Å². The predicted molar refractivity (Wildman–Crippen MR) is 210 cm³/mol. The predicted octanol–water partition coefficient (Wildman–Crippen LogP) is 11.4. The standard InChI is InChI=1S/C47H34N4/c1-47(2)38-18-7-10-21-42(38)50-27-26-36-44-37(28-39(47)45(36)50)34-15-6-9-20-41(34)51(44)46-48-40-19-8-5-16-35(40)43(49-46)31-24-22-30(23-25-31)33-17-11-13-29-12-3-4-14-32(29)33/h3-10,12,14-28H,11,13H2,1-2H3. The van der Waals surface area contributed by atoms with Crippen molar-refractivity contribution in [2.45, 2.75) is 32.1 Å². The first kappa shape index (κ1) is 28.6. The van der Waals surface area contributed by atoms with E-state index in [9.17, 15) is 0 Å². The summed E-state index contributed by atoms with van der Waals surface area (Å²) in [5, 5.41) is 4.69. The fourth-order valence-corrected chi connectivity index (χ4v) is 8.98. The molecule has 0 spiro atoms. The minimum Gasteiger partial charge on any atom is -0.316 e. The summed E-state index contributed by atoms with van der Waals surface area (Å²) in [7, 11) is 0. The minimum atomic E-state index is -0.158. The Balaban J connectivity index is 1.15. The zero-order chi connectivity index (χ0) is 33.8. The van der Waals surface area contributed by atoms with Crippen LogP contribution in [0.25, 0.3) is 72.1 Å². The van der Waals surface area contributed by atoms with Crippen molar-refractivity contribution in [1.29, 1.82) is 0 Å². The molecular weight excluding hydrogens is 621 g/mol. The smallest absolute Gasteiger partial charge is 0.235 e. The molecule has 0 saturated carbocycles. The summed E-state index contributed by atoms with van der Waals surface area (Å²) < 4.78 is 4.68. The summed E-state index contributed by atoms with van der Waals surface area (Å²) in [6.07, 6.45) is 6.78. The van der Waals surface area contributed by atoms with Gasteiger partial charge in [-0.05, 0) is 76.6 Å². The molecule has 2 aliphatic rings. The molecule has 0 N–H and O–H groups in total. The van der Waals surface area contributed by atoms with Gasteiger partial charge in [-0.3, -0.25) is 4.57 Å². The lowest BCUT2D eigenvalue weighted by Crippen LogP contribution is -2.26. The van der Waals surface area contributed by atoms with Crippen LogP contribution in [0.4, 0.5) is 0 Å². The molecule has 51 heavy (non-hydrogen) atoms. The maximum Gasteiger partial charge on any atom is 0.235 e. The van der Waals surface area contributed by atoms with Gasteiger partial charge in [-0.2, -0.15) is 0 Å². The highest BCUT2D eigenvalue weighted by atomic mass is 15.2. The lowest BCUT2D eigenvalue weighted by atomic mass is 9.74. The topological polar surface area (TPSA) is 35.6 Å². The number of hydrogen-bond donors (Lipinski definition) is 0. The Morgan fingerprint density at radius 3 is 2.25 bits per heavy atom. The van der Waals surface area contributed by atoms with Gasteiger partial charge >= 0.3 is 0 Å². The molecule has 9 aromatic rings. The molecule has 0 saturated heterocycles. The van der Waals surface area contributed by atoms with Gasteiger partial charge in [0.1, 0.15) is 0 Å². The highest BCUT2D eigenvalue weighted by Crippen LogP contribution is 2.48. The molecule has 0 bridgehead atoms. The van der Waals surface area contributed by atoms with E-state index >= 15 is 0 Å². The molecule has 0 radical (unpaired) electrons. The maximum absolute atomic E-state index is 5.46. The van der Waals surface area contributed by atoms with Gasteiger partial charge < -0.3 is 4.57 Å². The number of aryl methyl sites for hydroxylation is 1. The molecule has 4 heterocycles. The summed E-state index contributed by atoms with van der Waals surface area (Å²) in [5.74, 6) is 0.682. The van der Waals surface area contributed by atoms with E-state index in [0.29, 0.717) is 5.95 Å². The highest BCUT2D eigenvalue weighted by Gasteiger charge is 2.35. The van der Waals surface area contributed by atoms with Gasteiger partial charge in [0.05, 0.1) is 27.8 Å². The molecule has 0 amide bonds. The summed E-state index contributed by atoms with van der Waals surface area (Å²) in [6, 6.07) is 48.4. The number of allylic oxidation sites excluding steroid dienone is 1. The van der Waals surface area contributed by atoms with Crippen molar-refractivity contribution in [1.82, 2.24) is 19.1 Å². The molecule has 1 aliphatic carbocycles. The van der Waals surface area contributed by atoms with Crippen LogP contribution >= 0.6 is 0 Å². The molecular formula is C47H34N4. The average molecular weight is 655 g/mol. The first-order valence-corrected chi connectivity index (χ1v) is 17.9. The number of para-hydroxylation sites is 3. The van der Waals surface area contributed by atoms with Crippen LogP contribution in [0.5, 0.6) is 0 Å². The third-order valence-electron chi connectivity index (χ3n) is 11.4. The van der Waals surface area contributed by atoms with E-state index in [1.165, 1.54) is 60.8 Å². The van der Waals surface area contributed by atoms with Crippen LogP contribution in [-0.4, -0.2) is 19.1 Å². The number of nitrogens with zero attached hydrogens (tertiary/aromatic N) is 4. The molecule has 4 heteroatoms. The Kier molecular flexibility index (Phi) is 5.81. The van der Waals surface area contributed by atoms with E-state index in [2.05, 4.69) is 169 Å². The van der Waals surface area contributed by atoms with E-state index < -0.39 is 0 Å². The van der Waals surface area contributed by atoms with Gasteiger partial charge in [0.15, 0.2) is 0 Å². The molecule has 3 aromatic heterocycles. The monoisotopic (exact) mass is 654 g/mol. The van der Waals surface area contributed by atoms with Crippen molar-refractivity contribution in [2.24, 2.45) is 0 Å². The van der Waals surface area contributed by atoms with Gasteiger partial charge in [-0.25, -0.2) is 9.97 Å². The fourth-order valence-electron chi connectivity index (χ4n) is 8.98. The van der Waals surface area contributed by atoms with Crippen LogP contribution in [0.15, 0.2) is 146 Å². The summed E-state index contributed by atoms with van der Waals surface area (Å²) in [4.78, 5) is 10.7. The van der Waals surface area contributed by atoms with Crippen molar-refractivity contribution in [3.8, 4) is 22.9 Å². The zero-order valence-corrected chi connectivity index (χ0v) is 28.6. The summed E-state index contributed by atoms with van der Waals surface area (Å²) in [6.45, 7) is 4.71. The van der Waals surface area contributed by atoms with Crippen molar-refractivity contribution >= 4 is 49.2 Å². The quantitative estimate of drug-likeness (QED) is 0.190. The largest absolute Gasteiger partial charge is 0.316 e. The molecule has 11 rings (SSSR count). The van der Waals surface area contributed by atoms with Crippen molar-refractivity contribution in [3.63, 3.8) is 0 Å². The second-order valence-corrected chi connectivity index (χ2v) is 14.5. The van der Waals surface area contributed by atoms with Crippen LogP contribution in [0.3, 0.4) is 0 Å². The van der Waals surface area contributed by atoms with Gasteiger partial charge in [-0.15, -0.1) is 0 Å². The number of hydrogen-bond acceptors (Lipinski definition) is 2. The lowest BCUT2D eigenvalue weighted by molar-refractivity contribution is 0.629. The lowest BCUT2D eigenvalue weighted by Gasteiger charge is -2.34. The summed E-state index contributed by atoms with van der Waals surface area (Å²) in [5.41, 5.74) is 15.5. The maximum atomic E-state index is 5.46. The molecule has 0 fully saturated rings. The second kappa shape index (κ2) is 10.4. The average Bonchev–Trinajstić information content (AvgIpc) is 3.77. The Morgan fingerprint density at radius 2 is 1.35 bits per heavy atom. The molecule has 6 aromatic carbocycles. The van der Waals surface area contributed by atoms with Gasteiger partial charge in [-0.1, -0.05) is 123 Å². The molecule has 4 nitrogen and oxygen atoms in total. The number of rotatable bonds is 3. The van der Waals surface area contributed by atoms with E-state index in [4.69, 9.17) is 9.97 Å². The molecule has 242 valence electrons. The van der Waals surface area contributed by atoms with Crippen LogP contribution in [0.2, 0.25) is 0 Å². The third kappa shape index (κ3) is 3.96. The van der Waals surface area contributed by atoms with Crippen LogP contribution in [-0.2, 0) is 11.8 Å². The number of fused-ring (bicyclic) bond motifs is 8. The van der Waals surface area contributed by atoms with Crippen LogP contribution in [0.1, 0.15) is 48.1 Å². The first-order valence-electron chi connectivity index (χ1n) is 17.9. The minimum absolute atomic E-state index is 0.158. The van der Waals surface area contributed by atoms with Crippen LogP contribution in [0, 0.1) is 0 Å². The Labute approximate surface area is 296 Å². The SMILES string of the molecule is CC1(C)c2ccccc2-n2ccc3c2c1cc1c2ccccc2n(-c2nc(-c4ccc(C5=CCCc6ccccc65)cc4)c4ccccc4n2)c13. The third-order valence-corrected chi connectivity index (χ3v) is 11.4. The highest BCUT2D eigenvalue weighted by molar-refractivity contribution is 6.19. The van der Waals surface area contributed by atoms with Gasteiger partial charge in [0.25, 0.3) is 0 Å². The molecule has 0 atom stereocenters. The fraction of sp³-hybridized carbons (Fsp3) is 0.106. The van der Waals surface area contributed by atoms with Crippen molar-refractivity contribution in [3.05, 3.63) is 174 Å². The van der Waals surface area contributed by atoms with E-state index in [0.717, 1.165) is 46.0 Å². The normalized spacial score (nSPS) is 14.6. The van der Waals surface area contributed by atoms with E-state index in [-0.39, 0.29) is 5.41 Å². The summed E-state index contributed by atoms with van der Waals surface area (Å²) >= 11 is 0. The Bertz CT molecular complexity index is 2940. The molecule has 0 unspecified atom stereocenters. The first-order chi connectivity index (χ1) is 25.1. The van der Waals surface area contributed by atoms with Crippen molar-refractivity contribution in [2.75, 3.05) is 0 Å². The Morgan fingerprint density at radius 1 is 0.608 bits per heavy atom. The second-order valence-electron chi connectivity index (χ2n) is 14.5. The Hall–Kier alpha value is -6.26.